The first-order chi connectivity index (χ1) is 12.6. The molecule has 2 aromatic rings. The van der Waals surface area contributed by atoms with E-state index in [0.29, 0.717) is 11.5 Å². The lowest BCUT2D eigenvalue weighted by molar-refractivity contribution is 0.104. The van der Waals surface area contributed by atoms with Crippen molar-refractivity contribution in [2.45, 2.75) is 19.4 Å². The Morgan fingerprint density at radius 2 is 1.62 bits per heavy atom. The van der Waals surface area contributed by atoms with Crippen molar-refractivity contribution in [2.75, 3.05) is 27.3 Å². The Labute approximate surface area is 154 Å². The molecule has 3 rings (SSSR count). The molecule has 1 aliphatic heterocycles. The molecule has 1 fully saturated rings. The first-order valence-corrected chi connectivity index (χ1v) is 8.71. The van der Waals surface area contributed by atoms with Crippen LogP contribution in [0, 0.1) is 6.92 Å². The summed E-state index contributed by atoms with van der Waals surface area (Å²) in [4.78, 5) is 13.8. The summed E-state index contributed by atoms with van der Waals surface area (Å²) in [5.74, 6) is 1.35. The van der Waals surface area contributed by atoms with Gasteiger partial charge in [0.1, 0.15) is 18.1 Å². The van der Waals surface area contributed by atoms with Crippen molar-refractivity contribution in [3.63, 3.8) is 0 Å². The highest BCUT2D eigenvalue weighted by molar-refractivity contribution is 5.78. The van der Waals surface area contributed by atoms with Crippen LogP contribution in [0.15, 0.2) is 36.4 Å². The molecule has 1 radical (unpaired) electrons. The largest absolute Gasteiger partial charge is 0.496 e. The van der Waals surface area contributed by atoms with E-state index >= 15 is 0 Å². The quantitative estimate of drug-likeness (QED) is 0.804. The van der Waals surface area contributed by atoms with Gasteiger partial charge in [0.25, 0.3) is 0 Å². The van der Waals surface area contributed by atoms with Gasteiger partial charge in [0.15, 0.2) is 0 Å². The summed E-state index contributed by atoms with van der Waals surface area (Å²) < 4.78 is 16.6. The molecule has 0 spiro atoms. The molecule has 0 atom stereocenters. The van der Waals surface area contributed by atoms with E-state index in [2.05, 4.69) is 6.92 Å². The predicted octanol–water partition coefficient (Wildman–Crippen LogP) is 4.29. The molecule has 5 nitrogen and oxygen atoms in total. The van der Waals surface area contributed by atoms with Gasteiger partial charge in [-0.05, 0) is 48.6 Å². The van der Waals surface area contributed by atoms with Gasteiger partial charge in [-0.1, -0.05) is 24.3 Å². The minimum absolute atomic E-state index is 0.181. The molecule has 0 N–H and O–H groups in total. The van der Waals surface area contributed by atoms with E-state index in [1.165, 1.54) is 0 Å². The Balaban J connectivity index is 1.84. The van der Waals surface area contributed by atoms with Crippen molar-refractivity contribution in [3.05, 3.63) is 54.4 Å². The second-order valence-corrected chi connectivity index (χ2v) is 6.32. The monoisotopic (exact) mass is 354 g/mol. The molecule has 0 aliphatic carbocycles. The first kappa shape index (κ1) is 18.1. The van der Waals surface area contributed by atoms with Gasteiger partial charge < -0.3 is 19.1 Å². The van der Waals surface area contributed by atoms with Gasteiger partial charge in [0.2, 0.25) is 0 Å². The summed E-state index contributed by atoms with van der Waals surface area (Å²) in [6.45, 7) is 5.63. The smallest absolute Gasteiger partial charge is 0.410 e. The standard InChI is InChI=1S/C21H24NO4/c1-15-6-8-17(9-7-15)20-18(24-2)12-16(13-19(20)25-3)14-26-21(23)22-10-4-5-11-22/h6-9,12-13H,1,4-5,10-11,14H2,2-3H3. The van der Waals surface area contributed by atoms with E-state index in [1.54, 1.807) is 19.1 Å². The van der Waals surface area contributed by atoms with Gasteiger partial charge in [0.05, 0.1) is 19.8 Å². The van der Waals surface area contributed by atoms with Crippen LogP contribution in [0.1, 0.15) is 24.0 Å². The number of amides is 1. The molecule has 2 aromatic carbocycles. The Morgan fingerprint density at radius 1 is 1.04 bits per heavy atom. The summed E-state index contributed by atoms with van der Waals surface area (Å²) in [6, 6.07) is 11.6. The molecular weight excluding hydrogens is 330 g/mol. The number of nitrogens with zero attached hydrogens (tertiary/aromatic N) is 1. The third-order valence-corrected chi connectivity index (χ3v) is 4.53. The number of carbonyl (C=O) groups is 1. The number of hydrogen-bond acceptors (Lipinski definition) is 4. The zero-order chi connectivity index (χ0) is 18.5. The molecule has 1 saturated heterocycles. The Bertz CT molecular complexity index is 739. The van der Waals surface area contributed by atoms with Crippen LogP contribution in [-0.4, -0.2) is 38.3 Å². The molecule has 5 heteroatoms. The maximum absolute atomic E-state index is 12.1. The van der Waals surface area contributed by atoms with E-state index in [9.17, 15) is 4.79 Å². The van der Waals surface area contributed by atoms with Crippen LogP contribution < -0.4 is 9.47 Å². The van der Waals surface area contributed by atoms with Crippen LogP contribution in [0.3, 0.4) is 0 Å². The maximum Gasteiger partial charge on any atom is 0.410 e. The lowest BCUT2D eigenvalue weighted by Crippen LogP contribution is -2.28. The molecule has 0 unspecified atom stereocenters. The van der Waals surface area contributed by atoms with E-state index in [1.807, 2.05) is 36.4 Å². The highest BCUT2D eigenvalue weighted by atomic mass is 16.6. The second kappa shape index (κ2) is 8.13. The topological polar surface area (TPSA) is 48.0 Å². The molecular formula is C21H24NO4. The summed E-state index contributed by atoms with van der Waals surface area (Å²) >= 11 is 0. The predicted molar refractivity (Wildman–Crippen MR) is 100 cm³/mol. The van der Waals surface area contributed by atoms with Crippen molar-refractivity contribution in [2.24, 2.45) is 0 Å². The fourth-order valence-electron chi connectivity index (χ4n) is 3.14. The normalized spacial score (nSPS) is 13.6. The minimum Gasteiger partial charge on any atom is -0.496 e. The van der Waals surface area contributed by atoms with Gasteiger partial charge in [0, 0.05) is 13.1 Å². The average Bonchev–Trinajstić information content (AvgIpc) is 3.21. The molecule has 0 aromatic heterocycles. The van der Waals surface area contributed by atoms with Crippen LogP contribution in [0.4, 0.5) is 4.79 Å². The number of rotatable bonds is 5. The Morgan fingerprint density at radius 3 is 2.15 bits per heavy atom. The van der Waals surface area contributed by atoms with Gasteiger partial charge in [-0.3, -0.25) is 0 Å². The number of carbonyl (C=O) groups excluding carboxylic acids is 1. The van der Waals surface area contributed by atoms with E-state index in [4.69, 9.17) is 14.2 Å². The summed E-state index contributed by atoms with van der Waals surface area (Å²) in [5.41, 5.74) is 3.61. The molecule has 0 saturated carbocycles. The zero-order valence-electron chi connectivity index (χ0n) is 15.3. The van der Waals surface area contributed by atoms with Crippen molar-refractivity contribution in [1.82, 2.24) is 4.90 Å². The SMILES string of the molecule is [CH2]c1ccc(-c2c(OC)cc(COC(=O)N3CCCC3)cc2OC)cc1. The minimum atomic E-state index is -0.268. The molecule has 1 aliphatic rings. The van der Waals surface area contributed by atoms with Crippen LogP contribution in [0.25, 0.3) is 11.1 Å². The van der Waals surface area contributed by atoms with Crippen LogP contribution in [0.2, 0.25) is 0 Å². The van der Waals surface area contributed by atoms with E-state index in [-0.39, 0.29) is 12.7 Å². The summed E-state index contributed by atoms with van der Waals surface area (Å²) in [6.07, 6.45) is 1.81. The van der Waals surface area contributed by atoms with Crippen molar-refractivity contribution < 1.29 is 19.0 Å². The number of benzene rings is 2. The molecule has 137 valence electrons. The lowest BCUT2D eigenvalue weighted by Gasteiger charge is -2.18. The summed E-state index contributed by atoms with van der Waals surface area (Å²) in [5, 5.41) is 0. The second-order valence-electron chi connectivity index (χ2n) is 6.32. The fraction of sp³-hybridized carbons (Fsp3) is 0.333. The number of methoxy groups -OCH3 is 2. The lowest BCUT2D eigenvalue weighted by atomic mass is 10.00. The third kappa shape index (κ3) is 3.93. The first-order valence-electron chi connectivity index (χ1n) is 8.71. The van der Waals surface area contributed by atoms with Crippen LogP contribution in [-0.2, 0) is 11.3 Å². The van der Waals surface area contributed by atoms with Crippen LogP contribution in [0.5, 0.6) is 11.5 Å². The van der Waals surface area contributed by atoms with Gasteiger partial charge in [-0.25, -0.2) is 4.79 Å². The molecule has 1 amide bonds. The number of hydrogen-bond donors (Lipinski definition) is 0. The van der Waals surface area contributed by atoms with E-state index in [0.717, 1.165) is 48.2 Å². The van der Waals surface area contributed by atoms with Crippen molar-refractivity contribution in [1.29, 1.82) is 0 Å². The van der Waals surface area contributed by atoms with Crippen molar-refractivity contribution in [3.8, 4) is 22.6 Å². The van der Waals surface area contributed by atoms with Crippen molar-refractivity contribution >= 4 is 6.09 Å². The Hall–Kier alpha value is -2.69. The molecule has 1 heterocycles. The zero-order valence-corrected chi connectivity index (χ0v) is 15.3. The van der Waals surface area contributed by atoms with Crippen LogP contribution >= 0.6 is 0 Å². The summed E-state index contributed by atoms with van der Waals surface area (Å²) in [7, 11) is 3.24. The van der Waals surface area contributed by atoms with Gasteiger partial charge in [-0.15, -0.1) is 0 Å². The average molecular weight is 354 g/mol. The molecule has 26 heavy (non-hydrogen) atoms. The highest BCUT2D eigenvalue weighted by Gasteiger charge is 2.20. The number of likely N-dealkylation sites (tertiary alicyclic amines) is 1. The fourth-order valence-corrected chi connectivity index (χ4v) is 3.14. The third-order valence-electron chi connectivity index (χ3n) is 4.53. The highest BCUT2D eigenvalue weighted by Crippen LogP contribution is 2.39. The van der Waals surface area contributed by atoms with E-state index < -0.39 is 0 Å². The molecule has 0 bridgehead atoms. The Kier molecular flexibility index (Phi) is 5.66. The van der Waals surface area contributed by atoms with Gasteiger partial charge >= 0.3 is 6.09 Å². The number of ether oxygens (including phenoxy) is 3. The maximum atomic E-state index is 12.1. The van der Waals surface area contributed by atoms with Gasteiger partial charge in [-0.2, -0.15) is 0 Å².